The van der Waals surface area contributed by atoms with Crippen molar-refractivity contribution < 1.29 is 4.79 Å². The van der Waals surface area contributed by atoms with Crippen LogP contribution in [0.25, 0.3) is 0 Å². The summed E-state index contributed by atoms with van der Waals surface area (Å²) in [6.45, 7) is 6.70. The lowest BCUT2D eigenvalue weighted by Gasteiger charge is -2.26. The molecule has 27 heavy (non-hydrogen) atoms. The Labute approximate surface area is 161 Å². The van der Waals surface area contributed by atoms with E-state index in [0.29, 0.717) is 18.0 Å². The highest BCUT2D eigenvalue weighted by Crippen LogP contribution is 2.39. The van der Waals surface area contributed by atoms with E-state index < -0.39 is 5.54 Å². The van der Waals surface area contributed by atoms with Gasteiger partial charge in [0.15, 0.2) is 0 Å². The molecule has 0 radical (unpaired) electrons. The first-order valence-electron chi connectivity index (χ1n) is 9.68. The van der Waals surface area contributed by atoms with E-state index in [4.69, 9.17) is 5.26 Å². The maximum absolute atomic E-state index is 12.4. The van der Waals surface area contributed by atoms with Gasteiger partial charge in [-0.15, -0.1) is 0 Å². The van der Waals surface area contributed by atoms with Crippen molar-refractivity contribution in [3.63, 3.8) is 0 Å². The van der Waals surface area contributed by atoms with Crippen LogP contribution in [0.3, 0.4) is 0 Å². The minimum Gasteiger partial charge on any atom is -0.337 e. The van der Waals surface area contributed by atoms with Gasteiger partial charge in [-0.1, -0.05) is 12.1 Å². The van der Waals surface area contributed by atoms with Gasteiger partial charge in [0.25, 0.3) is 0 Å². The highest BCUT2D eigenvalue weighted by molar-refractivity contribution is 5.79. The second kappa shape index (κ2) is 8.52. The minimum atomic E-state index is -0.718. The van der Waals surface area contributed by atoms with Crippen molar-refractivity contribution in [3.05, 3.63) is 35.4 Å². The van der Waals surface area contributed by atoms with Crippen LogP contribution in [-0.4, -0.2) is 54.0 Å². The third-order valence-electron chi connectivity index (χ3n) is 5.56. The standard InChI is InChI=1S/C21H27N5O/c1-21(16-23,19-7-8-19)24-20(27)15-26-10-2-9-25(11-12-26)14-18-5-3-17(13-22)4-6-18/h3-6,19H,2,7-12,14-15H2,1H3,(H,24,27). The SMILES string of the molecule is CC(C#N)(NC(=O)CN1CCCN(Cc2ccc(C#N)cc2)CC1)C1CC1. The van der Waals surface area contributed by atoms with Crippen molar-refractivity contribution in [2.24, 2.45) is 5.92 Å². The number of carbonyl (C=O) groups excluding carboxylic acids is 1. The molecule has 1 aliphatic carbocycles. The minimum absolute atomic E-state index is 0.0495. The van der Waals surface area contributed by atoms with Gasteiger partial charge in [0.1, 0.15) is 5.54 Å². The number of benzene rings is 1. The van der Waals surface area contributed by atoms with E-state index in [1.165, 1.54) is 5.56 Å². The molecule has 1 saturated heterocycles. The van der Waals surface area contributed by atoms with Gasteiger partial charge in [0.2, 0.25) is 5.91 Å². The fraction of sp³-hybridized carbons (Fsp3) is 0.571. The zero-order valence-electron chi connectivity index (χ0n) is 15.9. The first kappa shape index (κ1) is 19.4. The summed E-state index contributed by atoms with van der Waals surface area (Å²) in [5.41, 5.74) is 1.17. The van der Waals surface area contributed by atoms with Crippen molar-refractivity contribution in [1.82, 2.24) is 15.1 Å². The summed E-state index contributed by atoms with van der Waals surface area (Å²) < 4.78 is 0. The Balaban J connectivity index is 1.47. The van der Waals surface area contributed by atoms with Gasteiger partial charge in [-0.05, 0) is 62.9 Å². The van der Waals surface area contributed by atoms with Gasteiger partial charge in [-0.3, -0.25) is 14.6 Å². The molecular weight excluding hydrogens is 338 g/mol. The molecule has 6 heteroatoms. The van der Waals surface area contributed by atoms with E-state index in [9.17, 15) is 10.1 Å². The number of hydrogen-bond acceptors (Lipinski definition) is 5. The van der Waals surface area contributed by atoms with Crippen LogP contribution < -0.4 is 5.32 Å². The van der Waals surface area contributed by atoms with Crippen LogP contribution in [0.1, 0.15) is 37.3 Å². The van der Waals surface area contributed by atoms with E-state index in [1.54, 1.807) is 0 Å². The number of amides is 1. The summed E-state index contributed by atoms with van der Waals surface area (Å²) in [5, 5.41) is 21.2. The Morgan fingerprint density at radius 2 is 1.81 bits per heavy atom. The number of nitrogens with zero attached hydrogens (tertiary/aromatic N) is 4. The number of nitriles is 2. The summed E-state index contributed by atoms with van der Waals surface area (Å²) >= 11 is 0. The van der Waals surface area contributed by atoms with Crippen LogP contribution in [0.4, 0.5) is 0 Å². The van der Waals surface area contributed by atoms with Crippen LogP contribution >= 0.6 is 0 Å². The highest BCUT2D eigenvalue weighted by atomic mass is 16.2. The number of nitrogens with one attached hydrogen (secondary N) is 1. The quantitative estimate of drug-likeness (QED) is 0.832. The summed E-state index contributed by atoms with van der Waals surface area (Å²) in [6.07, 6.45) is 3.07. The molecule has 0 spiro atoms. The summed E-state index contributed by atoms with van der Waals surface area (Å²) in [6, 6.07) is 12.2. The molecule has 2 fully saturated rings. The fourth-order valence-corrected chi connectivity index (χ4v) is 3.70. The molecule has 6 nitrogen and oxygen atoms in total. The maximum atomic E-state index is 12.4. The lowest BCUT2D eigenvalue weighted by Crippen LogP contribution is -2.50. The summed E-state index contributed by atoms with van der Waals surface area (Å²) in [4.78, 5) is 17.0. The van der Waals surface area contributed by atoms with Crippen molar-refractivity contribution in [1.29, 1.82) is 10.5 Å². The Bertz CT molecular complexity index is 743. The topological polar surface area (TPSA) is 83.2 Å². The number of hydrogen-bond donors (Lipinski definition) is 1. The van der Waals surface area contributed by atoms with Gasteiger partial charge in [0.05, 0.1) is 24.2 Å². The van der Waals surface area contributed by atoms with Crippen molar-refractivity contribution in [2.45, 2.75) is 38.3 Å². The Hall–Kier alpha value is -2.41. The fourth-order valence-electron chi connectivity index (χ4n) is 3.70. The first-order chi connectivity index (χ1) is 13.0. The second-order valence-electron chi connectivity index (χ2n) is 7.85. The molecule has 0 bridgehead atoms. The third-order valence-corrected chi connectivity index (χ3v) is 5.56. The summed E-state index contributed by atoms with van der Waals surface area (Å²) in [5.74, 6) is 0.255. The van der Waals surface area contributed by atoms with Crippen LogP contribution in [-0.2, 0) is 11.3 Å². The van der Waals surface area contributed by atoms with E-state index in [1.807, 2.05) is 31.2 Å². The predicted octanol–water partition coefficient (Wildman–Crippen LogP) is 1.87. The molecule has 1 aromatic carbocycles. The molecule has 1 heterocycles. The predicted molar refractivity (Wildman–Crippen MR) is 102 cm³/mol. The molecule has 142 valence electrons. The van der Waals surface area contributed by atoms with Crippen molar-refractivity contribution in [3.8, 4) is 12.1 Å². The maximum Gasteiger partial charge on any atom is 0.235 e. The van der Waals surface area contributed by atoms with Crippen LogP contribution in [0, 0.1) is 28.6 Å². The van der Waals surface area contributed by atoms with E-state index in [-0.39, 0.29) is 5.91 Å². The van der Waals surface area contributed by atoms with Crippen molar-refractivity contribution >= 4 is 5.91 Å². The smallest absolute Gasteiger partial charge is 0.235 e. The monoisotopic (exact) mass is 365 g/mol. The Morgan fingerprint density at radius 1 is 1.15 bits per heavy atom. The van der Waals surface area contributed by atoms with Crippen LogP contribution in [0.15, 0.2) is 24.3 Å². The van der Waals surface area contributed by atoms with Crippen molar-refractivity contribution in [2.75, 3.05) is 32.7 Å². The molecule has 1 aromatic rings. The molecule has 1 aliphatic heterocycles. The lowest BCUT2D eigenvalue weighted by molar-refractivity contribution is -0.123. The number of carbonyl (C=O) groups is 1. The molecular formula is C21H27N5O. The van der Waals surface area contributed by atoms with Crippen LogP contribution in [0.2, 0.25) is 0 Å². The molecule has 1 N–H and O–H groups in total. The largest absolute Gasteiger partial charge is 0.337 e. The average molecular weight is 365 g/mol. The van der Waals surface area contributed by atoms with Gasteiger partial charge in [-0.2, -0.15) is 10.5 Å². The van der Waals surface area contributed by atoms with E-state index in [2.05, 4.69) is 27.3 Å². The molecule has 1 atom stereocenters. The summed E-state index contributed by atoms with van der Waals surface area (Å²) in [7, 11) is 0. The van der Waals surface area contributed by atoms with Gasteiger partial charge >= 0.3 is 0 Å². The third kappa shape index (κ3) is 5.29. The lowest BCUT2D eigenvalue weighted by atomic mass is 9.98. The second-order valence-corrected chi connectivity index (χ2v) is 7.85. The molecule has 2 aliphatic rings. The van der Waals surface area contributed by atoms with E-state index >= 15 is 0 Å². The first-order valence-corrected chi connectivity index (χ1v) is 9.68. The average Bonchev–Trinajstić information content (AvgIpc) is 3.51. The van der Waals surface area contributed by atoms with Gasteiger partial charge in [-0.25, -0.2) is 0 Å². The zero-order chi connectivity index (χ0) is 19.3. The zero-order valence-corrected chi connectivity index (χ0v) is 15.9. The van der Waals surface area contributed by atoms with E-state index in [0.717, 1.165) is 52.0 Å². The molecule has 1 saturated carbocycles. The normalized spacial score (nSPS) is 20.7. The van der Waals surface area contributed by atoms with Crippen LogP contribution in [0.5, 0.6) is 0 Å². The van der Waals surface area contributed by atoms with Gasteiger partial charge < -0.3 is 5.32 Å². The molecule has 1 amide bonds. The number of rotatable bonds is 6. The molecule has 0 aromatic heterocycles. The van der Waals surface area contributed by atoms with Gasteiger partial charge in [0, 0.05) is 19.6 Å². The highest BCUT2D eigenvalue weighted by Gasteiger charge is 2.43. The Morgan fingerprint density at radius 3 is 2.44 bits per heavy atom. The Kier molecular flexibility index (Phi) is 6.11. The molecule has 3 rings (SSSR count). The molecule has 1 unspecified atom stereocenters.